The summed E-state index contributed by atoms with van der Waals surface area (Å²) in [6.45, 7) is 2.96. The van der Waals surface area contributed by atoms with Gasteiger partial charge in [0.2, 0.25) is 0 Å². The van der Waals surface area contributed by atoms with Crippen LogP contribution in [0.25, 0.3) is 0 Å². The van der Waals surface area contributed by atoms with Gasteiger partial charge >= 0.3 is 5.97 Å². The van der Waals surface area contributed by atoms with E-state index in [9.17, 15) is 4.79 Å². The average molecular weight is 270 g/mol. The lowest BCUT2D eigenvalue weighted by molar-refractivity contribution is -0.146. The summed E-state index contributed by atoms with van der Waals surface area (Å²) in [5.74, 6) is -0.276. The average Bonchev–Trinajstić information content (AvgIpc) is 2.38. The number of likely N-dealkylation sites (N-methyl/N-ethyl adjacent to an activating group) is 1. The molecule has 0 N–H and O–H groups in total. The number of hydrogen-bond acceptors (Lipinski definition) is 3. The van der Waals surface area contributed by atoms with E-state index in [2.05, 4.69) is 6.92 Å². The Labute approximate surface area is 114 Å². The van der Waals surface area contributed by atoms with Crippen LogP contribution in [0, 0.1) is 0 Å². The summed E-state index contributed by atoms with van der Waals surface area (Å²) in [5, 5.41) is 0.594. The Morgan fingerprint density at radius 1 is 1.44 bits per heavy atom. The maximum Gasteiger partial charge on any atom is 0.327 e. The van der Waals surface area contributed by atoms with Crippen LogP contribution in [0.5, 0.6) is 0 Å². The Balaban J connectivity index is 2.98. The van der Waals surface area contributed by atoms with Crippen molar-refractivity contribution in [1.82, 2.24) is 4.90 Å². The predicted octanol–water partition coefficient (Wildman–Crippen LogP) is 3.29. The van der Waals surface area contributed by atoms with Crippen LogP contribution in [0.3, 0.4) is 0 Å². The van der Waals surface area contributed by atoms with E-state index in [-0.39, 0.29) is 5.97 Å². The summed E-state index contributed by atoms with van der Waals surface area (Å²) in [6, 6.07) is 6.96. The van der Waals surface area contributed by atoms with E-state index in [1.807, 2.05) is 30.1 Å². The van der Waals surface area contributed by atoms with Gasteiger partial charge in [0.1, 0.15) is 6.04 Å². The van der Waals surface area contributed by atoms with Gasteiger partial charge in [0, 0.05) is 5.02 Å². The van der Waals surface area contributed by atoms with Crippen molar-refractivity contribution >= 4 is 17.6 Å². The number of carbonyl (C=O) groups is 1. The molecule has 1 unspecified atom stereocenters. The first kappa shape index (κ1) is 15.0. The zero-order valence-electron chi connectivity index (χ0n) is 11.1. The molecule has 0 radical (unpaired) electrons. The number of hydrogen-bond donors (Lipinski definition) is 0. The number of rotatable bonds is 6. The summed E-state index contributed by atoms with van der Waals surface area (Å²) < 4.78 is 4.88. The molecule has 0 heterocycles. The van der Waals surface area contributed by atoms with Gasteiger partial charge in [0.05, 0.1) is 7.11 Å². The minimum Gasteiger partial charge on any atom is -0.468 e. The lowest BCUT2D eigenvalue weighted by Crippen LogP contribution is -2.32. The molecule has 0 aliphatic carbocycles. The molecule has 0 saturated heterocycles. The normalized spacial score (nSPS) is 12.5. The number of ether oxygens (including phenoxy) is 1. The van der Waals surface area contributed by atoms with E-state index < -0.39 is 6.04 Å². The zero-order valence-corrected chi connectivity index (χ0v) is 11.9. The van der Waals surface area contributed by atoms with Crippen LogP contribution in [0.15, 0.2) is 24.3 Å². The smallest absolute Gasteiger partial charge is 0.327 e. The SMILES string of the molecule is CCCCN(C)C(C(=O)OC)c1ccccc1Cl. The second-order valence-electron chi connectivity index (χ2n) is 4.28. The van der Waals surface area contributed by atoms with Crippen molar-refractivity contribution in [2.45, 2.75) is 25.8 Å². The highest BCUT2D eigenvalue weighted by molar-refractivity contribution is 6.31. The third-order valence-electron chi connectivity index (χ3n) is 2.93. The maximum atomic E-state index is 11.9. The molecule has 3 nitrogen and oxygen atoms in total. The van der Waals surface area contributed by atoms with Crippen molar-refractivity contribution in [2.24, 2.45) is 0 Å². The highest BCUT2D eigenvalue weighted by atomic mass is 35.5. The number of halogens is 1. The van der Waals surface area contributed by atoms with Gasteiger partial charge in [0.25, 0.3) is 0 Å². The Bertz CT molecular complexity index is 395. The summed E-state index contributed by atoms with van der Waals surface area (Å²) in [6.07, 6.45) is 2.12. The molecule has 0 aliphatic rings. The van der Waals surface area contributed by atoms with Crippen LogP contribution in [-0.4, -0.2) is 31.6 Å². The molecule has 1 aromatic carbocycles. The molecule has 0 aliphatic heterocycles. The van der Waals surface area contributed by atoms with E-state index in [1.54, 1.807) is 6.07 Å². The van der Waals surface area contributed by atoms with E-state index in [4.69, 9.17) is 16.3 Å². The van der Waals surface area contributed by atoms with Gasteiger partial charge in [-0.2, -0.15) is 0 Å². The molecule has 0 fully saturated rings. The monoisotopic (exact) mass is 269 g/mol. The molecule has 0 spiro atoms. The quantitative estimate of drug-likeness (QED) is 0.742. The second-order valence-corrected chi connectivity index (χ2v) is 4.69. The van der Waals surface area contributed by atoms with E-state index >= 15 is 0 Å². The summed E-state index contributed by atoms with van der Waals surface area (Å²) in [4.78, 5) is 13.9. The fraction of sp³-hybridized carbons (Fsp3) is 0.500. The topological polar surface area (TPSA) is 29.5 Å². The maximum absolute atomic E-state index is 11.9. The number of esters is 1. The third-order valence-corrected chi connectivity index (χ3v) is 3.27. The molecule has 4 heteroatoms. The fourth-order valence-electron chi connectivity index (χ4n) is 1.89. The predicted molar refractivity (Wildman–Crippen MR) is 73.7 cm³/mol. The minimum atomic E-state index is -0.435. The van der Waals surface area contributed by atoms with Gasteiger partial charge < -0.3 is 4.74 Å². The van der Waals surface area contributed by atoms with Crippen molar-refractivity contribution in [3.8, 4) is 0 Å². The Morgan fingerprint density at radius 3 is 2.67 bits per heavy atom. The number of nitrogens with zero attached hydrogens (tertiary/aromatic N) is 1. The molecule has 0 amide bonds. The molecular weight excluding hydrogens is 250 g/mol. The van der Waals surface area contributed by atoms with Crippen molar-refractivity contribution in [3.63, 3.8) is 0 Å². The van der Waals surface area contributed by atoms with Crippen molar-refractivity contribution < 1.29 is 9.53 Å². The minimum absolute atomic E-state index is 0.276. The van der Waals surface area contributed by atoms with Crippen LogP contribution in [-0.2, 0) is 9.53 Å². The third kappa shape index (κ3) is 3.72. The molecule has 0 saturated carbocycles. The van der Waals surface area contributed by atoms with E-state index in [0.717, 1.165) is 24.9 Å². The van der Waals surface area contributed by atoms with Crippen LogP contribution in [0.2, 0.25) is 5.02 Å². The first-order valence-electron chi connectivity index (χ1n) is 6.14. The first-order chi connectivity index (χ1) is 8.61. The number of carbonyl (C=O) groups excluding carboxylic acids is 1. The fourth-order valence-corrected chi connectivity index (χ4v) is 2.13. The zero-order chi connectivity index (χ0) is 13.5. The van der Waals surface area contributed by atoms with Crippen molar-refractivity contribution in [1.29, 1.82) is 0 Å². The summed E-state index contributed by atoms with van der Waals surface area (Å²) in [5.41, 5.74) is 0.796. The van der Waals surface area contributed by atoms with Crippen LogP contribution >= 0.6 is 11.6 Å². The van der Waals surface area contributed by atoms with Gasteiger partial charge in [-0.05, 0) is 31.6 Å². The number of unbranched alkanes of at least 4 members (excludes halogenated alkanes) is 1. The first-order valence-corrected chi connectivity index (χ1v) is 6.52. The molecule has 0 aromatic heterocycles. The molecular formula is C14H20ClNO2. The second kappa shape index (κ2) is 7.39. The van der Waals surface area contributed by atoms with Gasteiger partial charge in [0.15, 0.2) is 0 Å². The number of benzene rings is 1. The largest absolute Gasteiger partial charge is 0.468 e. The molecule has 1 atom stereocenters. The Hall–Kier alpha value is -1.06. The molecule has 1 rings (SSSR count). The summed E-state index contributed by atoms with van der Waals surface area (Å²) in [7, 11) is 3.32. The Morgan fingerprint density at radius 2 is 2.11 bits per heavy atom. The lowest BCUT2D eigenvalue weighted by atomic mass is 10.1. The molecule has 18 heavy (non-hydrogen) atoms. The van der Waals surface area contributed by atoms with Gasteiger partial charge in [-0.3, -0.25) is 4.90 Å². The van der Waals surface area contributed by atoms with Gasteiger partial charge in [-0.25, -0.2) is 4.79 Å². The van der Waals surface area contributed by atoms with E-state index in [1.165, 1.54) is 7.11 Å². The molecule has 0 bridgehead atoms. The van der Waals surface area contributed by atoms with Crippen LogP contribution in [0.1, 0.15) is 31.4 Å². The lowest BCUT2D eigenvalue weighted by Gasteiger charge is -2.26. The van der Waals surface area contributed by atoms with Crippen LogP contribution < -0.4 is 0 Å². The highest BCUT2D eigenvalue weighted by Gasteiger charge is 2.27. The van der Waals surface area contributed by atoms with Crippen LogP contribution in [0.4, 0.5) is 0 Å². The van der Waals surface area contributed by atoms with Crippen molar-refractivity contribution in [3.05, 3.63) is 34.9 Å². The van der Waals surface area contributed by atoms with Crippen molar-refractivity contribution in [2.75, 3.05) is 20.7 Å². The van der Waals surface area contributed by atoms with E-state index in [0.29, 0.717) is 5.02 Å². The molecule has 100 valence electrons. The van der Waals surface area contributed by atoms with Gasteiger partial charge in [-0.1, -0.05) is 43.1 Å². The highest BCUT2D eigenvalue weighted by Crippen LogP contribution is 2.27. The number of methoxy groups -OCH3 is 1. The standard InChI is InChI=1S/C14H20ClNO2/c1-4-5-10-16(2)13(14(17)18-3)11-8-6-7-9-12(11)15/h6-9,13H,4-5,10H2,1-3H3. The summed E-state index contributed by atoms with van der Waals surface area (Å²) >= 11 is 6.16. The Kier molecular flexibility index (Phi) is 6.16. The molecule has 1 aromatic rings. The van der Waals surface area contributed by atoms with Gasteiger partial charge in [-0.15, -0.1) is 0 Å².